The Morgan fingerprint density at radius 3 is 2.88 bits per heavy atom. The Hall–Kier alpha value is -0.390. The second kappa shape index (κ2) is 8.66. The van der Waals surface area contributed by atoms with E-state index in [1.54, 1.807) is 6.20 Å². The summed E-state index contributed by atoms with van der Waals surface area (Å²) < 4.78 is 0. The highest BCUT2D eigenvalue weighted by molar-refractivity contribution is 5.85. The van der Waals surface area contributed by atoms with Crippen molar-refractivity contribution in [1.29, 1.82) is 0 Å². The predicted octanol–water partition coefficient (Wildman–Crippen LogP) is 0.561. The van der Waals surface area contributed by atoms with E-state index in [0.717, 1.165) is 26.2 Å². The number of nitrogens with zero attached hydrogens (tertiary/aromatic N) is 1. The maximum Gasteiger partial charge on any atom is 0.0312 e. The van der Waals surface area contributed by atoms with E-state index in [4.69, 9.17) is 5.73 Å². The molecule has 1 aromatic heterocycles. The highest BCUT2D eigenvalue weighted by Crippen LogP contribution is 2.08. The molecule has 0 aromatic carbocycles. The van der Waals surface area contributed by atoms with Gasteiger partial charge >= 0.3 is 0 Å². The quantitative estimate of drug-likeness (QED) is 0.753. The molecule has 0 aliphatic carbocycles. The van der Waals surface area contributed by atoms with Crippen molar-refractivity contribution >= 4 is 24.8 Å². The molecule has 2 unspecified atom stereocenters. The van der Waals surface area contributed by atoms with Crippen LogP contribution in [-0.4, -0.2) is 30.7 Å². The molecule has 2 rings (SSSR count). The molecule has 98 valence electrons. The standard InChI is InChI=1S/C11H18N4.2ClH/c12-4-10-7-14-8-11(10)15-6-9-2-1-3-13-5-9;;/h1-3,5,10-11,14-15H,4,6-8,12H2;2*1H. The smallest absolute Gasteiger partial charge is 0.0312 e. The summed E-state index contributed by atoms with van der Waals surface area (Å²) in [4.78, 5) is 4.09. The summed E-state index contributed by atoms with van der Waals surface area (Å²) in [5.74, 6) is 0.557. The lowest BCUT2D eigenvalue weighted by molar-refractivity contribution is 0.432. The van der Waals surface area contributed by atoms with Crippen LogP contribution >= 0.6 is 24.8 Å². The van der Waals surface area contributed by atoms with Gasteiger partial charge in [-0.05, 0) is 18.2 Å². The zero-order valence-electron chi connectivity index (χ0n) is 9.63. The molecule has 17 heavy (non-hydrogen) atoms. The molecule has 0 radical (unpaired) electrons. The van der Waals surface area contributed by atoms with Crippen LogP contribution in [0.2, 0.25) is 0 Å². The normalized spacial score (nSPS) is 22.6. The molecule has 1 aliphatic rings. The zero-order chi connectivity index (χ0) is 10.5. The zero-order valence-corrected chi connectivity index (χ0v) is 11.3. The fraction of sp³-hybridized carbons (Fsp3) is 0.545. The van der Waals surface area contributed by atoms with Crippen molar-refractivity contribution in [2.75, 3.05) is 19.6 Å². The van der Waals surface area contributed by atoms with Gasteiger partial charge in [-0.15, -0.1) is 24.8 Å². The van der Waals surface area contributed by atoms with E-state index in [1.165, 1.54) is 5.56 Å². The lowest BCUT2D eigenvalue weighted by Gasteiger charge is -2.18. The Balaban J connectivity index is 0.00000128. The molecule has 4 nitrogen and oxygen atoms in total. The Morgan fingerprint density at radius 1 is 1.41 bits per heavy atom. The summed E-state index contributed by atoms with van der Waals surface area (Å²) in [5.41, 5.74) is 6.92. The van der Waals surface area contributed by atoms with Crippen molar-refractivity contribution in [3.05, 3.63) is 30.1 Å². The second-order valence-electron chi connectivity index (χ2n) is 4.00. The van der Waals surface area contributed by atoms with Gasteiger partial charge in [-0.3, -0.25) is 4.98 Å². The Morgan fingerprint density at radius 2 is 2.24 bits per heavy atom. The molecule has 2 atom stereocenters. The summed E-state index contributed by atoms with van der Waals surface area (Å²) >= 11 is 0. The first-order valence-electron chi connectivity index (χ1n) is 5.43. The molecule has 0 amide bonds. The third-order valence-corrected chi connectivity index (χ3v) is 2.93. The fourth-order valence-electron chi connectivity index (χ4n) is 1.97. The summed E-state index contributed by atoms with van der Waals surface area (Å²) in [6.45, 7) is 3.66. The molecule has 1 aliphatic heterocycles. The van der Waals surface area contributed by atoms with Crippen LogP contribution in [0.3, 0.4) is 0 Å². The van der Waals surface area contributed by atoms with Crippen molar-refractivity contribution in [1.82, 2.24) is 15.6 Å². The van der Waals surface area contributed by atoms with Gasteiger partial charge in [-0.25, -0.2) is 0 Å². The van der Waals surface area contributed by atoms with Crippen LogP contribution in [0.1, 0.15) is 5.56 Å². The van der Waals surface area contributed by atoms with Crippen LogP contribution in [0, 0.1) is 5.92 Å². The summed E-state index contributed by atoms with van der Waals surface area (Å²) in [7, 11) is 0. The van der Waals surface area contributed by atoms with E-state index in [2.05, 4.69) is 21.7 Å². The highest BCUT2D eigenvalue weighted by atomic mass is 35.5. The average Bonchev–Trinajstić information content (AvgIpc) is 2.75. The van der Waals surface area contributed by atoms with E-state index in [1.807, 2.05) is 12.3 Å². The molecular weight excluding hydrogens is 259 g/mol. The van der Waals surface area contributed by atoms with Gasteiger partial charge in [-0.2, -0.15) is 0 Å². The van der Waals surface area contributed by atoms with Crippen molar-refractivity contribution in [3.63, 3.8) is 0 Å². The van der Waals surface area contributed by atoms with Gasteiger partial charge in [0.05, 0.1) is 0 Å². The largest absolute Gasteiger partial charge is 0.330 e. The molecule has 0 bridgehead atoms. The summed E-state index contributed by atoms with van der Waals surface area (Å²) in [5, 5.41) is 6.87. The first kappa shape index (κ1) is 16.6. The van der Waals surface area contributed by atoms with Crippen LogP contribution in [-0.2, 0) is 6.54 Å². The lowest BCUT2D eigenvalue weighted by atomic mass is 10.0. The number of nitrogens with two attached hydrogens (primary N) is 1. The molecule has 4 N–H and O–H groups in total. The topological polar surface area (TPSA) is 63.0 Å². The first-order chi connectivity index (χ1) is 7.40. The predicted molar refractivity (Wildman–Crippen MR) is 74.8 cm³/mol. The Kier molecular flexibility index (Phi) is 8.47. The van der Waals surface area contributed by atoms with Gasteiger partial charge < -0.3 is 16.4 Å². The minimum Gasteiger partial charge on any atom is -0.330 e. The fourth-order valence-corrected chi connectivity index (χ4v) is 1.97. The molecule has 0 spiro atoms. The van der Waals surface area contributed by atoms with Crippen LogP contribution in [0.25, 0.3) is 0 Å². The van der Waals surface area contributed by atoms with Crippen molar-refractivity contribution < 1.29 is 0 Å². The number of halogens is 2. The maximum absolute atomic E-state index is 5.70. The number of hydrogen-bond donors (Lipinski definition) is 3. The van der Waals surface area contributed by atoms with Gasteiger partial charge in [0, 0.05) is 44.0 Å². The van der Waals surface area contributed by atoms with Crippen molar-refractivity contribution in [2.45, 2.75) is 12.6 Å². The summed E-state index contributed by atoms with van der Waals surface area (Å²) in [6.07, 6.45) is 3.69. The molecule has 1 aromatic rings. The highest BCUT2D eigenvalue weighted by Gasteiger charge is 2.24. The van der Waals surface area contributed by atoms with E-state index >= 15 is 0 Å². The van der Waals surface area contributed by atoms with Crippen LogP contribution < -0.4 is 16.4 Å². The van der Waals surface area contributed by atoms with Crippen molar-refractivity contribution in [3.8, 4) is 0 Å². The first-order valence-corrected chi connectivity index (χ1v) is 5.43. The molecule has 6 heteroatoms. The molecule has 0 saturated carbocycles. The van der Waals surface area contributed by atoms with E-state index in [-0.39, 0.29) is 24.8 Å². The third-order valence-electron chi connectivity index (χ3n) is 2.93. The Labute approximate surface area is 115 Å². The van der Waals surface area contributed by atoms with Gasteiger partial charge in [0.25, 0.3) is 0 Å². The Bertz CT molecular complexity index is 297. The maximum atomic E-state index is 5.70. The van der Waals surface area contributed by atoms with Gasteiger partial charge in [0.2, 0.25) is 0 Å². The van der Waals surface area contributed by atoms with Gasteiger partial charge in [0.1, 0.15) is 0 Å². The van der Waals surface area contributed by atoms with E-state index in [9.17, 15) is 0 Å². The summed E-state index contributed by atoms with van der Waals surface area (Å²) in [6, 6.07) is 4.54. The number of hydrogen-bond acceptors (Lipinski definition) is 4. The molecule has 2 heterocycles. The SMILES string of the molecule is Cl.Cl.NCC1CNCC1NCc1cccnc1. The van der Waals surface area contributed by atoms with E-state index < -0.39 is 0 Å². The van der Waals surface area contributed by atoms with Crippen LogP contribution in [0.15, 0.2) is 24.5 Å². The second-order valence-corrected chi connectivity index (χ2v) is 4.00. The minimum absolute atomic E-state index is 0. The lowest BCUT2D eigenvalue weighted by Crippen LogP contribution is -2.38. The monoisotopic (exact) mass is 278 g/mol. The van der Waals surface area contributed by atoms with E-state index in [0.29, 0.717) is 12.0 Å². The number of aromatic nitrogens is 1. The molecular formula is C11H20Cl2N4. The number of pyridine rings is 1. The molecule has 1 fully saturated rings. The molecule has 1 saturated heterocycles. The van der Waals surface area contributed by atoms with Gasteiger partial charge in [0.15, 0.2) is 0 Å². The van der Waals surface area contributed by atoms with Crippen LogP contribution in [0.5, 0.6) is 0 Å². The van der Waals surface area contributed by atoms with Crippen LogP contribution in [0.4, 0.5) is 0 Å². The van der Waals surface area contributed by atoms with Gasteiger partial charge in [-0.1, -0.05) is 6.07 Å². The number of rotatable bonds is 4. The average molecular weight is 279 g/mol. The van der Waals surface area contributed by atoms with Crippen molar-refractivity contribution in [2.24, 2.45) is 11.7 Å². The number of nitrogens with one attached hydrogen (secondary N) is 2. The minimum atomic E-state index is 0. The third kappa shape index (κ3) is 4.77.